The summed E-state index contributed by atoms with van der Waals surface area (Å²) in [5.41, 5.74) is 5.65. The van der Waals surface area contributed by atoms with Gasteiger partial charge in [0.1, 0.15) is 16.9 Å². The summed E-state index contributed by atoms with van der Waals surface area (Å²) >= 11 is 7.56. The number of aromatic nitrogens is 1. The zero-order valence-corrected chi connectivity index (χ0v) is 23.5. The summed E-state index contributed by atoms with van der Waals surface area (Å²) in [4.78, 5) is 22.9. The number of benzene rings is 3. The second-order valence-corrected chi connectivity index (χ2v) is 10.5. The molecule has 6 nitrogen and oxygen atoms in total. The number of unbranched alkanes of at least 4 members (excludes halogenated alkanes) is 1. The number of ether oxygens (including phenoxy) is 1. The number of thiazole rings is 1. The molecule has 0 spiro atoms. The molecule has 0 aliphatic rings. The molecule has 8 heteroatoms. The first kappa shape index (κ1) is 26.7. The summed E-state index contributed by atoms with van der Waals surface area (Å²) in [6, 6.07) is 20.7. The van der Waals surface area contributed by atoms with Crippen molar-refractivity contribution in [2.45, 2.75) is 33.6 Å². The normalized spacial score (nSPS) is 11.6. The average Bonchev–Trinajstić information content (AvgIpc) is 3.40. The minimum absolute atomic E-state index is 0.214. The Morgan fingerprint density at radius 1 is 1.10 bits per heavy atom. The van der Waals surface area contributed by atoms with Crippen LogP contribution in [0.2, 0.25) is 5.02 Å². The van der Waals surface area contributed by atoms with E-state index in [0.29, 0.717) is 27.7 Å². The van der Waals surface area contributed by atoms with Gasteiger partial charge in [0.05, 0.1) is 18.0 Å². The van der Waals surface area contributed by atoms with Gasteiger partial charge in [-0.15, -0.1) is 11.3 Å². The molecule has 198 valence electrons. The highest BCUT2D eigenvalue weighted by atomic mass is 35.5. The van der Waals surface area contributed by atoms with Gasteiger partial charge in [-0.2, -0.15) is 0 Å². The molecule has 1 amide bonds. The lowest BCUT2D eigenvalue weighted by Gasteiger charge is -2.07. The van der Waals surface area contributed by atoms with Gasteiger partial charge in [-0.3, -0.25) is 10.1 Å². The lowest BCUT2D eigenvalue weighted by molar-refractivity contribution is 0.102. The Morgan fingerprint density at radius 3 is 2.72 bits per heavy atom. The molecule has 5 aromatic rings. The number of hydrogen-bond donors (Lipinski definition) is 1. The summed E-state index contributed by atoms with van der Waals surface area (Å²) in [7, 11) is 0. The summed E-state index contributed by atoms with van der Waals surface area (Å²) in [6.07, 6.45) is 2.11. The van der Waals surface area contributed by atoms with Crippen molar-refractivity contribution >= 4 is 50.6 Å². The fraction of sp³-hybridized carbons (Fsp3) is 0.194. The lowest BCUT2D eigenvalue weighted by Crippen LogP contribution is -2.21. The average molecular weight is 558 g/mol. The molecule has 0 aliphatic carbocycles. The van der Waals surface area contributed by atoms with E-state index >= 15 is 0 Å². The van der Waals surface area contributed by atoms with Gasteiger partial charge in [-0.25, -0.2) is 9.98 Å². The molecule has 5 rings (SSSR count). The SMILES string of the molecule is CCCCOc1ccc(-c2csc(NC(=O)c3cc4cc(Cl)ccc4oc3=Nc3cccc(C)c3C)n2)cc1. The van der Waals surface area contributed by atoms with Gasteiger partial charge in [0.15, 0.2) is 5.13 Å². The van der Waals surface area contributed by atoms with Gasteiger partial charge in [0, 0.05) is 21.4 Å². The molecule has 0 aliphatic heterocycles. The van der Waals surface area contributed by atoms with Gasteiger partial charge in [-0.05, 0) is 86.0 Å². The highest BCUT2D eigenvalue weighted by molar-refractivity contribution is 7.14. The first-order valence-corrected chi connectivity index (χ1v) is 14.0. The van der Waals surface area contributed by atoms with Gasteiger partial charge >= 0.3 is 0 Å². The fourth-order valence-electron chi connectivity index (χ4n) is 4.00. The first-order chi connectivity index (χ1) is 18.9. The Hall–Kier alpha value is -3.94. The van der Waals surface area contributed by atoms with Crippen LogP contribution >= 0.6 is 22.9 Å². The molecular weight excluding hydrogens is 530 g/mol. The molecule has 2 heterocycles. The predicted octanol–water partition coefficient (Wildman–Crippen LogP) is 8.49. The Labute approximate surface area is 236 Å². The minimum Gasteiger partial charge on any atom is -0.494 e. The van der Waals surface area contributed by atoms with E-state index in [1.54, 1.807) is 24.3 Å². The number of hydrogen-bond acceptors (Lipinski definition) is 6. The highest BCUT2D eigenvalue weighted by Gasteiger charge is 2.16. The number of amides is 1. The van der Waals surface area contributed by atoms with Crippen LogP contribution in [0.25, 0.3) is 22.2 Å². The third-order valence-electron chi connectivity index (χ3n) is 6.39. The highest BCUT2D eigenvalue weighted by Crippen LogP contribution is 2.28. The van der Waals surface area contributed by atoms with Crippen LogP contribution in [0.15, 0.2) is 81.5 Å². The van der Waals surface area contributed by atoms with Crippen molar-refractivity contribution in [2.75, 3.05) is 11.9 Å². The van der Waals surface area contributed by atoms with E-state index in [2.05, 4.69) is 17.2 Å². The number of rotatable bonds is 8. The summed E-state index contributed by atoms with van der Waals surface area (Å²) in [5, 5.41) is 6.55. The smallest absolute Gasteiger partial charge is 0.262 e. The van der Waals surface area contributed by atoms with Crippen LogP contribution in [-0.2, 0) is 0 Å². The maximum Gasteiger partial charge on any atom is 0.262 e. The van der Waals surface area contributed by atoms with E-state index < -0.39 is 0 Å². The molecule has 0 saturated heterocycles. The Kier molecular flexibility index (Phi) is 8.10. The van der Waals surface area contributed by atoms with Crippen LogP contribution in [0.4, 0.5) is 10.8 Å². The molecule has 1 N–H and O–H groups in total. The molecule has 0 unspecified atom stereocenters. The quantitative estimate of drug-likeness (QED) is 0.194. The third kappa shape index (κ3) is 6.21. The van der Waals surface area contributed by atoms with Crippen LogP contribution < -0.4 is 15.6 Å². The molecular formula is C31H28ClN3O3S. The van der Waals surface area contributed by atoms with Crippen LogP contribution in [0, 0.1) is 13.8 Å². The van der Waals surface area contributed by atoms with E-state index in [1.165, 1.54) is 11.3 Å². The van der Waals surface area contributed by atoms with Crippen molar-refractivity contribution in [3.63, 3.8) is 0 Å². The minimum atomic E-state index is -0.370. The Morgan fingerprint density at radius 2 is 1.92 bits per heavy atom. The van der Waals surface area contributed by atoms with Crippen molar-refractivity contribution in [3.05, 3.63) is 99.4 Å². The van der Waals surface area contributed by atoms with E-state index in [-0.39, 0.29) is 17.0 Å². The fourth-order valence-corrected chi connectivity index (χ4v) is 4.89. The van der Waals surface area contributed by atoms with Crippen molar-refractivity contribution in [1.82, 2.24) is 4.98 Å². The number of carbonyl (C=O) groups is 1. The van der Waals surface area contributed by atoms with Crippen LogP contribution in [0.5, 0.6) is 5.75 Å². The summed E-state index contributed by atoms with van der Waals surface area (Å²) in [5.74, 6) is 0.460. The predicted molar refractivity (Wildman–Crippen MR) is 158 cm³/mol. The number of nitrogens with zero attached hydrogens (tertiary/aromatic N) is 2. The first-order valence-electron chi connectivity index (χ1n) is 12.8. The van der Waals surface area contributed by atoms with Gasteiger partial charge in [-0.1, -0.05) is 37.1 Å². The molecule has 0 bridgehead atoms. The topological polar surface area (TPSA) is 76.7 Å². The molecule has 0 saturated carbocycles. The summed E-state index contributed by atoms with van der Waals surface area (Å²) < 4.78 is 11.9. The molecule has 0 fully saturated rings. The number of aryl methyl sites for hydroxylation is 1. The number of nitrogens with one attached hydrogen (secondary N) is 1. The number of carbonyl (C=O) groups excluding carboxylic acids is 1. The molecule has 3 aromatic carbocycles. The lowest BCUT2D eigenvalue weighted by atomic mass is 10.1. The van der Waals surface area contributed by atoms with Crippen LogP contribution in [0.1, 0.15) is 41.3 Å². The van der Waals surface area contributed by atoms with E-state index in [4.69, 9.17) is 25.7 Å². The Balaban J connectivity index is 1.45. The maximum absolute atomic E-state index is 13.5. The van der Waals surface area contributed by atoms with Gasteiger partial charge in [0.2, 0.25) is 5.55 Å². The van der Waals surface area contributed by atoms with E-state index in [9.17, 15) is 4.79 Å². The monoisotopic (exact) mass is 557 g/mol. The standard InChI is InChI=1S/C31H28ClN3O3S/c1-4-5-15-37-24-12-9-21(10-13-24)27-18-39-31(34-27)35-29(36)25-17-22-16-23(32)11-14-28(22)38-30(25)33-26-8-6-7-19(2)20(26)3/h6-14,16-18H,4-5,15H2,1-3H3,(H,34,35,36). The zero-order chi connectivity index (χ0) is 27.4. The molecule has 39 heavy (non-hydrogen) atoms. The van der Waals surface area contributed by atoms with E-state index in [0.717, 1.165) is 46.7 Å². The maximum atomic E-state index is 13.5. The van der Waals surface area contributed by atoms with Gasteiger partial charge in [0.25, 0.3) is 5.91 Å². The number of fused-ring (bicyclic) bond motifs is 1. The van der Waals surface area contributed by atoms with Crippen LogP contribution in [0.3, 0.4) is 0 Å². The van der Waals surface area contributed by atoms with Crippen molar-refractivity contribution in [1.29, 1.82) is 0 Å². The summed E-state index contributed by atoms with van der Waals surface area (Å²) in [6.45, 7) is 6.86. The van der Waals surface area contributed by atoms with Crippen molar-refractivity contribution in [3.8, 4) is 17.0 Å². The second kappa shape index (κ2) is 11.8. The third-order valence-corrected chi connectivity index (χ3v) is 7.39. The van der Waals surface area contributed by atoms with Crippen molar-refractivity contribution < 1.29 is 13.9 Å². The molecule has 2 aromatic heterocycles. The largest absolute Gasteiger partial charge is 0.494 e. The zero-order valence-electron chi connectivity index (χ0n) is 22.0. The van der Waals surface area contributed by atoms with Crippen LogP contribution in [-0.4, -0.2) is 17.5 Å². The Bertz CT molecular complexity index is 1710. The second-order valence-electron chi connectivity index (χ2n) is 9.20. The van der Waals surface area contributed by atoms with E-state index in [1.807, 2.05) is 61.7 Å². The number of halogens is 1. The molecule has 0 radical (unpaired) electrons. The number of anilines is 1. The van der Waals surface area contributed by atoms with Crippen molar-refractivity contribution in [2.24, 2.45) is 4.99 Å². The van der Waals surface area contributed by atoms with Gasteiger partial charge < -0.3 is 9.15 Å². The molecule has 0 atom stereocenters.